The fourth-order valence-corrected chi connectivity index (χ4v) is 6.09. The molecule has 0 aromatic rings. The van der Waals surface area contributed by atoms with Crippen LogP contribution in [0.2, 0.25) is 0 Å². The van der Waals surface area contributed by atoms with Crippen LogP contribution in [0.3, 0.4) is 0 Å². The van der Waals surface area contributed by atoms with E-state index >= 15 is 0 Å². The van der Waals surface area contributed by atoms with Gasteiger partial charge in [0.2, 0.25) is 5.91 Å². The molecule has 3 nitrogen and oxygen atoms in total. The van der Waals surface area contributed by atoms with Gasteiger partial charge in [-0.2, -0.15) is 0 Å². The third-order valence-electron chi connectivity index (χ3n) is 7.44. The molecule has 2 aliphatic carbocycles. The van der Waals surface area contributed by atoms with E-state index in [9.17, 15) is 4.79 Å². The molecule has 1 amide bonds. The predicted octanol–water partition coefficient (Wildman–Crippen LogP) is 4.07. The number of carbonyl (C=O) groups excluding carboxylic acids is 1. The van der Waals surface area contributed by atoms with E-state index in [4.69, 9.17) is 0 Å². The van der Waals surface area contributed by atoms with Gasteiger partial charge in [0.05, 0.1) is 0 Å². The van der Waals surface area contributed by atoms with Crippen molar-refractivity contribution < 1.29 is 4.79 Å². The average Bonchev–Trinajstić information content (AvgIpc) is 3.26. The Labute approximate surface area is 148 Å². The van der Waals surface area contributed by atoms with Crippen molar-refractivity contribution in [1.29, 1.82) is 0 Å². The minimum absolute atomic E-state index is 0.363. The molecule has 0 aromatic heterocycles. The van der Waals surface area contributed by atoms with Gasteiger partial charge >= 0.3 is 0 Å². The van der Waals surface area contributed by atoms with Crippen LogP contribution in [0.4, 0.5) is 0 Å². The smallest absolute Gasteiger partial charge is 0.225 e. The zero-order valence-electron chi connectivity index (χ0n) is 15.5. The summed E-state index contributed by atoms with van der Waals surface area (Å²) in [5.41, 5.74) is 0.432. The van der Waals surface area contributed by atoms with E-state index in [1.807, 2.05) is 0 Å². The molecule has 2 heterocycles. The van der Waals surface area contributed by atoms with Crippen LogP contribution in [0.5, 0.6) is 0 Å². The summed E-state index contributed by atoms with van der Waals surface area (Å²) in [4.78, 5) is 17.8. The maximum absolute atomic E-state index is 12.8. The highest BCUT2D eigenvalue weighted by molar-refractivity contribution is 5.79. The van der Waals surface area contributed by atoms with Crippen LogP contribution in [-0.2, 0) is 4.79 Å². The van der Waals surface area contributed by atoms with Crippen LogP contribution < -0.4 is 0 Å². The minimum Gasteiger partial charge on any atom is -0.342 e. The number of hydrogen-bond acceptors (Lipinski definition) is 2. The molecule has 2 saturated carbocycles. The lowest BCUT2D eigenvalue weighted by molar-refractivity contribution is -0.134. The third kappa shape index (κ3) is 3.66. The zero-order valence-corrected chi connectivity index (χ0v) is 15.5. The van der Waals surface area contributed by atoms with Crippen LogP contribution in [0.15, 0.2) is 0 Å². The Morgan fingerprint density at radius 3 is 2.38 bits per heavy atom. The van der Waals surface area contributed by atoms with Gasteiger partial charge in [-0.15, -0.1) is 0 Å². The van der Waals surface area contributed by atoms with Gasteiger partial charge in [0.25, 0.3) is 0 Å². The molecule has 24 heavy (non-hydrogen) atoms. The fourth-order valence-electron chi connectivity index (χ4n) is 6.09. The van der Waals surface area contributed by atoms with Crippen molar-refractivity contribution in [3.63, 3.8) is 0 Å². The topological polar surface area (TPSA) is 23.6 Å². The standard InChI is InChI=1S/C21H36N2O/c24-20(19-9-4-5-10-19)23-14-12-21(17-23)11-6-13-22(16-21)15-18-7-2-1-3-8-18/h18-19H,1-17H2/t21-/m0/s1. The van der Waals surface area contributed by atoms with Crippen molar-refractivity contribution in [2.24, 2.45) is 17.3 Å². The van der Waals surface area contributed by atoms with Gasteiger partial charge in [0.1, 0.15) is 0 Å². The second-order valence-corrected chi connectivity index (χ2v) is 9.33. The van der Waals surface area contributed by atoms with Gasteiger partial charge in [-0.1, -0.05) is 32.1 Å². The average molecular weight is 333 g/mol. The van der Waals surface area contributed by atoms with Crippen LogP contribution in [0.1, 0.15) is 77.0 Å². The summed E-state index contributed by atoms with van der Waals surface area (Å²) in [7, 11) is 0. The van der Waals surface area contributed by atoms with Gasteiger partial charge < -0.3 is 9.80 Å². The highest BCUT2D eigenvalue weighted by Crippen LogP contribution is 2.41. The molecule has 0 aromatic carbocycles. The SMILES string of the molecule is O=C(C1CCCC1)N1CC[C@]2(CCCN(CC3CCCCC3)C2)C1. The lowest BCUT2D eigenvalue weighted by Gasteiger charge is -2.42. The first-order chi connectivity index (χ1) is 11.7. The van der Waals surface area contributed by atoms with Crippen molar-refractivity contribution in [2.45, 2.75) is 77.0 Å². The number of likely N-dealkylation sites (tertiary alicyclic amines) is 2. The largest absolute Gasteiger partial charge is 0.342 e. The second-order valence-electron chi connectivity index (χ2n) is 9.33. The number of nitrogens with zero attached hydrogens (tertiary/aromatic N) is 2. The van der Waals surface area contributed by atoms with Gasteiger partial charge in [-0.3, -0.25) is 4.79 Å². The zero-order chi connectivity index (χ0) is 16.4. The van der Waals surface area contributed by atoms with Crippen molar-refractivity contribution in [3.8, 4) is 0 Å². The molecule has 4 rings (SSSR count). The quantitative estimate of drug-likeness (QED) is 0.778. The summed E-state index contributed by atoms with van der Waals surface area (Å²) in [6.45, 7) is 5.99. The van der Waals surface area contributed by atoms with E-state index in [-0.39, 0.29) is 0 Å². The first kappa shape index (κ1) is 16.9. The first-order valence-electron chi connectivity index (χ1n) is 10.8. The molecule has 4 fully saturated rings. The number of carbonyl (C=O) groups is 1. The van der Waals surface area contributed by atoms with Gasteiger partial charge in [-0.25, -0.2) is 0 Å². The first-order valence-corrected chi connectivity index (χ1v) is 10.8. The summed E-state index contributed by atoms with van der Waals surface area (Å²) >= 11 is 0. The Hall–Kier alpha value is -0.570. The molecule has 1 spiro atoms. The van der Waals surface area contributed by atoms with E-state index in [0.717, 1.165) is 31.8 Å². The third-order valence-corrected chi connectivity index (χ3v) is 7.44. The lowest BCUT2D eigenvalue weighted by Crippen LogP contribution is -2.47. The van der Waals surface area contributed by atoms with Crippen LogP contribution >= 0.6 is 0 Å². The van der Waals surface area contributed by atoms with E-state index in [2.05, 4.69) is 9.80 Å². The van der Waals surface area contributed by atoms with Crippen molar-refractivity contribution >= 4 is 5.91 Å². The normalized spacial score (nSPS) is 33.6. The Kier molecular flexibility index (Phi) is 5.17. The Balaban J connectivity index is 1.32. The van der Waals surface area contributed by atoms with Crippen molar-refractivity contribution in [2.75, 3.05) is 32.7 Å². The highest BCUT2D eigenvalue weighted by atomic mass is 16.2. The fraction of sp³-hybridized carbons (Fsp3) is 0.952. The highest BCUT2D eigenvalue weighted by Gasteiger charge is 2.44. The lowest BCUT2D eigenvalue weighted by atomic mass is 9.78. The van der Waals surface area contributed by atoms with E-state index < -0.39 is 0 Å². The van der Waals surface area contributed by atoms with E-state index in [1.54, 1.807) is 0 Å². The molecule has 2 aliphatic heterocycles. The van der Waals surface area contributed by atoms with E-state index in [0.29, 0.717) is 17.2 Å². The molecule has 4 aliphatic rings. The Morgan fingerprint density at radius 2 is 1.58 bits per heavy atom. The Morgan fingerprint density at radius 1 is 0.833 bits per heavy atom. The van der Waals surface area contributed by atoms with Crippen molar-refractivity contribution in [3.05, 3.63) is 0 Å². The van der Waals surface area contributed by atoms with Crippen LogP contribution in [0, 0.1) is 17.3 Å². The molecule has 136 valence electrons. The molecule has 3 heteroatoms. The van der Waals surface area contributed by atoms with Gasteiger partial charge in [0.15, 0.2) is 0 Å². The minimum atomic E-state index is 0.363. The molecular weight excluding hydrogens is 296 g/mol. The summed E-state index contributed by atoms with van der Waals surface area (Å²) < 4.78 is 0. The summed E-state index contributed by atoms with van der Waals surface area (Å²) in [5, 5.41) is 0. The van der Waals surface area contributed by atoms with Crippen molar-refractivity contribution in [1.82, 2.24) is 9.80 Å². The van der Waals surface area contributed by atoms with Crippen LogP contribution in [-0.4, -0.2) is 48.4 Å². The molecule has 0 radical (unpaired) electrons. The van der Waals surface area contributed by atoms with Gasteiger partial charge in [-0.05, 0) is 57.4 Å². The number of hydrogen-bond donors (Lipinski definition) is 0. The van der Waals surface area contributed by atoms with Crippen LogP contribution in [0.25, 0.3) is 0 Å². The number of rotatable bonds is 3. The second kappa shape index (κ2) is 7.35. The maximum atomic E-state index is 12.8. The summed E-state index contributed by atoms with van der Waals surface area (Å²) in [6.07, 6.45) is 16.1. The monoisotopic (exact) mass is 332 g/mol. The molecule has 0 N–H and O–H groups in total. The molecule has 1 atom stereocenters. The Bertz CT molecular complexity index is 439. The summed E-state index contributed by atoms with van der Waals surface area (Å²) in [5.74, 6) is 1.81. The molecule has 0 unspecified atom stereocenters. The summed E-state index contributed by atoms with van der Waals surface area (Å²) in [6, 6.07) is 0. The molecular formula is C21H36N2O. The van der Waals surface area contributed by atoms with E-state index in [1.165, 1.54) is 83.8 Å². The predicted molar refractivity (Wildman–Crippen MR) is 97.8 cm³/mol. The molecule has 2 saturated heterocycles. The molecule has 0 bridgehead atoms. The number of piperidine rings is 1. The van der Waals surface area contributed by atoms with Gasteiger partial charge in [0, 0.05) is 37.5 Å². The number of amides is 1. The maximum Gasteiger partial charge on any atom is 0.225 e.